The van der Waals surface area contributed by atoms with Crippen LogP contribution in [0.5, 0.6) is 0 Å². The number of nitrogens with zero attached hydrogens (tertiary/aromatic N) is 4. The molecular formula is C20H17Cl2N5OS3. The van der Waals surface area contributed by atoms with E-state index in [0.717, 1.165) is 23.4 Å². The number of amides is 1. The van der Waals surface area contributed by atoms with Gasteiger partial charge in [-0.25, -0.2) is 4.98 Å². The molecule has 160 valence electrons. The number of hydrogen-bond donors (Lipinski definition) is 1. The van der Waals surface area contributed by atoms with Crippen LogP contribution in [0.15, 0.2) is 40.2 Å². The molecule has 1 aromatic carbocycles. The monoisotopic (exact) mass is 509 g/mol. The standard InChI is InChI=1S/C20H17Cl2N5OS3/c1-3-13-6-11(8-29-13)18-25-26-20(27(18)2)31-10-17(28)24-19-23-16(9-30-19)14-5-4-12(21)7-15(14)22/h4-9H,3,10H2,1-2H3,(H,23,24,28). The number of aromatic nitrogens is 4. The van der Waals surface area contributed by atoms with E-state index >= 15 is 0 Å². The van der Waals surface area contributed by atoms with Crippen LogP contribution in [0, 0.1) is 0 Å². The number of nitrogens with one attached hydrogen (secondary N) is 1. The predicted molar refractivity (Wildman–Crippen MR) is 131 cm³/mol. The fourth-order valence-electron chi connectivity index (χ4n) is 2.81. The van der Waals surface area contributed by atoms with Crippen molar-refractivity contribution in [3.8, 4) is 22.6 Å². The van der Waals surface area contributed by atoms with Gasteiger partial charge in [-0.1, -0.05) is 41.9 Å². The van der Waals surface area contributed by atoms with Crippen molar-refractivity contribution in [3.63, 3.8) is 0 Å². The molecule has 3 heterocycles. The van der Waals surface area contributed by atoms with Crippen LogP contribution >= 0.6 is 57.6 Å². The van der Waals surface area contributed by atoms with Gasteiger partial charge < -0.3 is 9.88 Å². The summed E-state index contributed by atoms with van der Waals surface area (Å²) in [5, 5.41) is 17.5. The van der Waals surface area contributed by atoms with Gasteiger partial charge in [0.25, 0.3) is 0 Å². The average Bonchev–Trinajstić information content (AvgIpc) is 3.46. The normalized spacial score (nSPS) is 11.1. The number of thioether (sulfide) groups is 1. The molecule has 3 aromatic heterocycles. The van der Waals surface area contributed by atoms with Gasteiger partial charge in [-0.3, -0.25) is 4.79 Å². The van der Waals surface area contributed by atoms with Crippen molar-refractivity contribution in [1.82, 2.24) is 19.7 Å². The first kappa shape index (κ1) is 22.3. The van der Waals surface area contributed by atoms with Crippen LogP contribution in [-0.2, 0) is 18.3 Å². The van der Waals surface area contributed by atoms with Crippen LogP contribution < -0.4 is 5.32 Å². The van der Waals surface area contributed by atoms with E-state index in [2.05, 4.69) is 38.9 Å². The number of hydrogen-bond acceptors (Lipinski definition) is 7. The van der Waals surface area contributed by atoms with Gasteiger partial charge in [0.1, 0.15) is 0 Å². The fraction of sp³-hybridized carbons (Fsp3) is 0.200. The molecule has 4 rings (SSSR count). The first-order valence-corrected chi connectivity index (χ1v) is 12.8. The molecule has 0 aliphatic carbocycles. The number of carbonyl (C=O) groups excluding carboxylic acids is 1. The number of carbonyl (C=O) groups is 1. The molecule has 4 aromatic rings. The maximum atomic E-state index is 12.4. The second kappa shape index (κ2) is 9.70. The SMILES string of the molecule is CCc1cc(-c2nnc(SCC(=O)Nc3nc(-c4ccc(Cl)cc4Cl)cs3)n2C)cs1. The lowest BCUT2D eigenvalue weighted by Gasteiger charge is -2.03. The summed E-state index contributed by atoms with van der Waals surface area (Å²) in [6, 6.07) is 7.36. The third kappa shape index (κ3) is 5.12. The number of aryl methyl sites for hydroxylation is 1. The molecule has 0 fully saturated rings. The highest BCUT2D eigenvalue weighted by Crippen LogP contribution is 2.32. The van der Waals surface area contributed by atoms with Crippen LogP contribution in [0.4, 0.5) is 5.13 Å². The highest BCUT2D eigenvalue weighted by Gasteiger charge is 2.15. The Morgan fingerprint density at radius 1 is 1.19 bits per heavy atom. The lowest BCUT2D eigenvalue weighted by molar-refractivity contribution is -0.113. The highest BCUT2D eigenvalue weighted by atomic mass is 35.5. The maximum Gasteiger partial charge on any atom is 0.236 e. The Bertz CT molecular complexity index is 1230. The van der Waals surface area contributed by atoms with E-state index in [0.29, 0.717) is 26.0 Å². The molecule has 31 heavy (non-hydrogen) atoms. The van der Waals surface area contributed by atoms with Gasteiger partial charge in [0.2, 0.25) is 5.91 Å². The van der Waals surface area contributed by atoms with Crippen molar-refractivity contribution in [1.29, 1.82) is 0 Å². The van der Waals surface area contributed by atoms with Gasteiger partial charge >= 0.3 is 0 Å². The summed E-state index contributed by atoms with van der Waals surface area (Å²) in [6.45, 7) is 2.13. The molecule has 0 saturated carbocycles. The summed E-state index contributed by atoms with van der Waals surface area (Å²) in [4.78, 5) is 18.2. The lowest BCUT2D eigenvalue weighted by atomic mass is 10.2. The van der Waals surface area contributed by atoms with Gasteiger partial charge in [-0.05, 0) is 30.7 Å². The van der Waals surface area contributed by atoms with Gasteiger partial charge in [0.15, 0.2) is 16.1 Å². The molecule has 0 spiro atoms. The van der Waals surface area contributed by atoms with E-state index in [-0.39, 0.29) is 11.7 Å². The molecule has 1 N–H and O–H groups in total. The first-order chi connectivity index (χ1) is 14.9. The molecule has 0 bridgehead atoms. The number of thiophene rings is 1. The van der Waals surface area contributed by atoms with Crippen molar-refractivity contribution in [2.75, 3.05) is 11.1 Å². The van der Waals surface area contributed by atoms with Crippen LogP contribution in [0.3, 0.4) is 0 Å². The minimum absolute atomic E-state index is 0.165. The van der Waals surface area contributed by atoms with Crippen LogP contribution in [-0.4, -0.2) is 31.4 Å². The average molecular weight is 510 g/mol. The minimum Gasteiger partial charge on any atom is -0.305 e. The Morgan fingerprint density at radius 2 is 2.03 bits per heavy atom. The second-order valence-electron chi connectivity index (χ2n) is 6.52. The highest BCUT2D eigenvalue weighted by molar-refractivity contribution is 7.99. The van der Waals surface area contributed by atoms with E-state index in [1.807, 2.05) is 23.1 Å². The zero-order chi connectivity index (χ0) is 22.0. The Morgan fingerprint density at radius 3 is 2.77 bits per heavy atom. The Kier molecular flexibility index (Phi) is 6.98. The zero-order valence-electron chi connectivity index (χ0n) is 16.6. The quantitative estimate of drug-likeness (QED) is 0.297. The van der Waals surface area contributed by atoms with Gasteiger partial charge in [0.05, 0.1) is 16.5 Å². The van der Waals surface area contributed by atoms with Gasteiger partial charge in [-0.2, -0.15) is 0 Å². The number of thiazole rings is 1. The summed E-state index contributed by atoms with van der Waals surface area (Å²) in [6.07, 6.45) is 0.993. The summed E-state index contributed by atoms with van der Waals surface area (Å²) in [7, 11) is 1.90. The number of anilines is 1. The molecule has 6 nitrogen and oxygen atoms in total. The van der Waals surface area contributed by atoms with E-state index < -0.39 is 0 Å². The van der Waals surface area contributed by atoms with E-state index in [4.69, 9.17) is 23.2 Å². The Balaban J connectivity index is 1.37. The summed E-state index contributed by atoms with van der Waals surface area (Å²) >= 11 is 16.6. The lowest BCUT2D eigenvalue weighted by Crippen LogP contribution is -2.14. The van der Waals surface area contributed by atoms with E-state index in [1.165, 1.54) is 28.0 Å². The molecule has 0 saturated heterocycles. The molecule has 0 atom stereocenters. The van der Waals surface area contributed by atoms with Gasteiger partial charge in [0, 0.05) is 38.8 Å². The summed E-state index contributed by atoms with van der Waals surface area (Å²) in [5.41, 5.74) is 2.50. The second-order valence-corrected chi connectivity index (χ2v) is 10.2. The Labute approximate surface area is 201 Å². The number of rotatable bonds is 7. The van der Waals surface area contributed by atoms with Crippen molar-refractivity contribution in [3.05, 3.63) is 49.9 Å². The summed E-state index contributed by atoms with van der Waals surface area (Å²) < 4.78 is 1.91. The summed E-state index contributed by atoms with van der Waals surface area (Å²) in [5.74, 6) is 0.830. The predicted octanol–water partition coefficient (Wildman–Crippen LogP) is 6.27. The first-order valence-electron chi connectivity index (χ1n) is 9.25. The Hall–Kier alpha value is -1.91. The molecular weight excluding hydrogens is 493 g/mol. The van der Waals surface area contributed by atoms with Gasteiger partial charge in [-0.15, -0.1) is 32.9 Å². The minimum atomic E-state index is -0.165. The third-order valence-electron chi connectivity index (χ3n) is 4.39. The molecule has 0 unspecified atom stereocenters. The molecule has 0 radical (unpaired) electrons. The molecule has 1 amide bonds. The molecule has 11 heteroatoms. The van der Waals surface area contributed by atoms with Crippen molar-refractivity contribution < 1.29 is 4.79 Å². The topological polar surface area (TPSA) is 72.7 Å². The van der Waals surface area contributed by atoms with E-state index in [1.54, 1.807) is 23.5 Å². The largest absolute Gasteiger partial charge is 0.305 e. The fourth-order valence-corrected chi connectivity index (χ4v) is 5.57. The molecule has 0 aliphatic heterocycles. The van der Waals surface area contributed by atoms with Crippen molar-refractivity contribution in [2.45, 2.75) is 18.5 Å². The number of benzene rings is 1. The zero-order valence-corrected chi connectivity index (χ0v) is 20.5. The van der Waals surface area contributed by atoms with E-state index in [9.17, 15) is 4.79 Å². The number of halogens is 2. The van der Waals surface area contributed by atoms with Crippen LogP contribution in [0.1, 0.15) is 11.8 Å². The maximum absolute atomic E-state index is 12.4. The smallest absolute Gasteiger partial charge is 0.236 e. The van der Waals surface area contributed by atoms with Crippen LogP contribution in [0.25, 0.3) is 22.6 Å². The van der Waals surface area contributed by atoms with Crippen molar-refractivity contribution in [2.24, 2.45) is 7.05 Å². The van der Waals surface area contributed by atoms with Crippen molar-refractivity contribution >= 4 is 68.7 Å². The third-order valence-corrected chi connectivity index (χ3v) is 7.79. The molecule has 0 aliphatic rings. The van der Waals surface area contributed by atoms with Crippen LogP contribution in [0.2, 0.25) is 10.0 Å².